The highest BCUT2D eigenvalue weighted by atomic mass is 19.2. The Kier molecular flexibility index (Phi) is 3.59. The zero-order chi connectivity index (χ0) is 13.2. The molecular weight excluding hydrogens is 238 g/mol. The highest BCUT2D eigenvalue weighted by molar-refractivity contribution is 5.94. The number of rotatable bonds is 3. The first-order valence-corrected chi connectivity index (χ1v) is 6.10. The lowest BCUT2D eigenvalue weighted by molar-refractivity contribution is 0.0928. The van der Waals surface area contributed by atoms with Crippen molar-refractivity contribution in [2.24, 2.45) is 5.41 Å². The molecule has 0 bridgehead atoms. The Balaban J connectivity index is 2.01. The SMILES string of the molecule is CC1(CNC(=O)c2ccnc(F)c2F)CCCC1. The van der Waals surface area contributed by atoms with E-state index in [4.69, 9.17) is 0 Å². The molecule has 0 unspecified atom stereocenters. The summed E-state index contributed by atoms with van der Waals surface area (Å²) in [6, 6.07) is 1.19. The van der Waals surface area contributed by atoms with Crippen LogP contribution in [0.15, 0.2) is 12.3 Å². The van der Waals surface area contributed by atoms with Gasteiger partial charge in [0.15, 0.2) is 5.82 Å². The second-order valence-corrected chi connectivity index (χ2v) is 5.16. The van der Waals surface area contributed by atoms with Crippen molar-refractivity contribution in [2.45, 2.75) is 32.6 Å². The van der Waals surface area contributed by atoms with Crippen LogP contribution in [-0.2, 0) is 0 Å². The number of carbonyl (C=O) groups is 1. The summed E-state index contributed by atoms with van der Waals surface area (Å²) in [6.07, 6.45) is 5.51. The smallest absolute Gasteiger partial charge is 0.254 e. The van der Waals surface area contributed by atoms with E-state index < -0.39 is 17.7 Å². The molecule has 0 aromatic carbocycles. The van der Waals surface area contributed by atoms with Gasteiger partial charge in [-0.25, -0.2) is 9.37 Å². The second-order valence-electron chi connectivity index (χ2n) is 5.16. The molecule has 1 aliphatic carbocycles. The van der Waals surface area contributed by atoms with Crippen molar-refractivity contribution in [2.75, 3.05) is 6.54 Å². The molecule has 1 heterocycles. The number of hydrogen-bond donors (Lipinski definition) is 1. The van der Waals surface area contributed by atoms with Gasteiger partial charge in [0.05, 0.1) is 5.56 Å². The zero-order valence-electron chi connectivity index (χ0n) is 10.3. The number of amides is 1. The normalized spacial score (nSPS) is 17.7. The maximum atomic E-state index is 13.3. The molecule has 1 fully saturated rings. The molecule has 0 aliphatic heterocycles. The number of carbonyl (C=O) groups excluding carboxylic acids is 1. The van der Waals surface area contributed by atoms with E-state index in [1.54, 1.807) is 0 Å². The maximum Gasteiger partial charge on any atom is 0.254 e. The number of halogens is 2. The Morgan fingerprint density at radius 2 is 2.11 bits per heavy atom. The number of pyridine rings is 1. The van der Waals surface area contributed by atoms with E-state index in [-0.39, 0.29) is 11.0 Å². The van der Waals surface area contributed by atoms with Gasteiger partial charge in [-0.05, 0) is 24.3 Å². The molecule has 1 aromatic rings. The Bertz CT molecular complexity index is 456. The van der Waals surface area contributed by atoms with Crippen molar-refractivity contribution in [1.82, 2.24) is 10.3 Å². The van der Waals surface area contributed by atoms with Crippen LogP contribution in [0.25, 0.3) is 0 Å². The maximum absolute atomic E-state index is 13.3. The molecule has 1 aliphatic rings. The van der Waals surface area contributed by atoms with E-state index in [0.29, 0.717) is 6.54 Å². The predicted octanol–water partition coefficient (Wildman–Crippen LogP) is 2.67. The molecule has 0 saturated heterocycles. The Morgan fingerprint density at radius 1 is 1.44 bits per heavy atom. The monoisotopic (exact) mass is 254 g/mol. The van der Waals surface area contributed by atoms with Gasteiger partial charge in [-0.1, -0.05) is 19.8 Å². The first-order valence-electron chi connectivity index (χ1n) is 6.10. The van der Waals surface area contributed by atoms with Gasteiger partial charge in [0.1, 0.15) is 0 Å². The van der Waals surface area contributed by atoms with Crippen LogP contribution in [0.1, 0.15) is 43.0 Å². The third-order valence-electron chi connectivity index (χ3n) is 3.58. The van der Waals surface area contributed by atoms with Crippen LogP contribution in [0.4, 0.5) is 8.78 Å². The summed E-state index contributed by atoms with van der Waals surface area (Å²) in [7, 11) is 0. The molecule has 1 N–H and O–H groups in total. The Hall–Kier alpha value is -1.52. The van der Waals surface area contributed by atoms with E-state index in [2.05, 4.69) is 17.2 Å². The molecule has 3 nitrogen and oxygen atoms in total. The minimum atomic E-state index is -1.24. The van der Waals surface area contributed by atoms with Gasteiger partial charge >= 0.3 is 0 Å². The van der Waals surface area contributed by atoms with E-state index in [9.17, 15) is 13.6 Å². The third-order valence-corrected chi connectivity index (χ3v) is 3.58. The van der Waals surface area contributed by atoms with Crippen molar-refractivity contribution in [1.29, 1.82) is 0 Å². The summed E-state index contributed by atoms with van der Waals surface area (Å²) in [5.74, 6) is -3.01. The van der Waals surface area contributed by atoms with Crippen molar-refractivity contribution in [3.8, 4) is 0 Å². The third kappa shape index (κ3) is 2.66. The van der Waals surface area contributed by atoms with Crippen LogP contribution in [0.3, 0.4) is 0 Å². The first-order chi connectivity index (χ1) is 8.52. The van der Waals surface area contributed by atoms with Crippen molar-refractivity contribution in [3.05, 3.63) is 29.6 Å². The quantitative estimate of drug-likeness (QED) is 0.843. The largest absolute Gasteiger partial charge is 0.351 e. The fourth-order valence-electron chi connectivity index (χ4n) is 2.39. The summed E-state index contributed by atoms with van der Waals surface area (Å²) in [5, 5.41) is 2.68. The van der Waals surface area contributed by atoms with Gasteiger partial charge in [0.2, 0.25) is 5.95 Å². The molecular formula is C13H16F2N2O. The average Bonchev–Trinajstić information content (AvgIpc) is 2.77. The van der Waals surface area contributed by atoms with Crippen LogP contribution in [0, 0.1) is 17.2 Å². The average molecular weight is 254 g/mol. The highest BCUT2D eigenvalue weighted by Gasteiger charge is 2.29. The molecule has 0 atom stereocenters. The van der Waals surface area contributed by atoms with Gasteiger partial charge in [-0.15, -0.1) is 0 Å². The van der Waals surface area contributed by atoms with Crippen molar-refractivity contribution >= 4 is 5.91 Å². The predicted molar refractivity (Wildman–Crippen MR) is 63.1 cm³/mol. The molecule has 98 valence electrons. The zero-order valence-corrected chi connectivity index (χ0v) is 10.3. The van der Waals surface area contributed by atoms with Crippen LogP contribution in [0.2, 0.25) is 0 Å². The minimum absolute atomic E-state index is 0.0811. The van der Waals surface area contributed by atoms with E-state index in [1.165, 1.54) is 6.07 Å². The van der Waals surface area contributed by atoms with Crippen molar-refractivity contribution in [3.63, 3.8) is 0 Å². The standard InChI is InChI=1S/C13H16F2N2O/c1-13(5-2-3-6-13)8-17-12(18)9-4-7-16-11(15)10(9)14/h4,7H,2-3,5-6,8H2,1H3,(H,17,18). The fraction of sp³-hybridized carbons (Fsp3) is 0.538. The summed E-state index contributed by atoms with van der Waals surface area (Å²) in [5.41, 5.74) is -0.207. The summed E-state index contributed by atoms with van der Waals surface area (Å²) in [6.45, 7) is 2.60. The lowest BCUT2D eigenvalue weighted by Crippen LogP contribution is -2.34. The molecule has 0 spiro atoms. The lowest BCUT2D eigenvalue weighted by Gasteiger charge is -2.23. The van der Waals surface area contributed by atoms with E-state index >= 15 is 0 Å². The fourth-order valence-corrected chi connectivity index (χ4v) is 2.39. The molecule has 5 heteroatoms. The molecule has 2 rings (SSSR count). The first kappa shape index (κ1) is 12.9. The van der Waals surface area contributed by atoms with Crippen LogP contribution < -0.4 is 5.32 Å². The van der Waals surface area contributed by atoms with Gasteiger partial charge in [0, 0.05) is 12.7 Å². The summed E-state index contributed by atoms with van der Waals surface area (Å²) >= 11 is 0. The van der Waals surface area contributed by atoms with Gasteiger partial charge in [-0.2, -0.15) is 4.39 Å². The van der Waals surface area contributed by atoms with E-state index in [1.807, 2.05) is 0 Å². The topological polar surface area (TPSA) is 42.0 Å². The minimum Gasteiger partial charge on any atom is -0.351 e. The van der Waals surface area contributed by atoms with Gasteiger partial charge < -0.3 is 5.32 Å². The number of nitrogens with zero attached hydrogens (tertiary/aromatic N) is 1. The Morgan fingerprint density at radius 3 is 2.78 bits per heavy atom. The van der Waals surface area contributed by atoms with Crippen LogP contribution >= 0.6 is 0 Å². The Labute approximate surface area is 105 Å². The van der Waals surface area contributed by atoms with E-state index in [0.717, 1.165) is 31.9 Å². The number of hydrogen-bond acceptors (Lipinski definition) is 2. The highest BCUT2D eigenvalue weighted by Crippen LogP contribution is 2.36. The number of nitrogens with one attached hydrogen (secondary N) is 1. The molecule has 18 heavy (non-hydrogen) atoms. The second kappa shape index (κ2) is 5.00. The van der Waals surface area contributed by atoms with Gasteiger partial charge in [-0.3, -0.25) is 4.79 Å². The molecule has 1 amide bonds. The molecule has 1 saturated carbocycles. The van der Waals surface area contributed by atoms with Crippen molar-refractivity contribution < 1.29 is 13.6 Å². The molecule has 1 aromatic heterocycles. The van der Waals surface area contributed by atoms with Crippen LogP contribution in [-0.4, -0.2) is 17.4 Å². The summed E-state index contributed by atoms with van der Waals surface area (Å²) < 4.78 is 26.2. The van der Waals surface area contributed by atoms with Crippen LogP contribution in [0.5, 0.6) is 0 Å². The molecule has 0 radical (unpaired) electrons. The number of aromatic nitrogens is 1. The summed E-state index contributed by atoms with van der Waals surface area (Å²) in [4.78, 5) is 14.9. The lowest BCUT2D eigenvalue weighted by atomic mass is 9.89. The van der Waals surface area contributed by atoms with Gasteiger partial charge in [0.25, 0.3) is 5.91 Å².